The summed E-state index contributed by atoms with van der Waals surface area (Å²) in [6.45, 7) is 6.22. The molecule has 0 saturated carbocycles. The molecule has 1 unspecified atom stereocenters. The molecule has 108 valence electrons. The number of hydrogen-bond donors (Lipinski definition) is 2. The predicted molar refractivity (Wildman–Crippen MR) is 76.4 cm³/mol. The second-order valence-corrected chi connectivity index (χ2v) is 4.93. The van der Waals surface area contributed by atoms with E-state index in [1.165, 1.54) is 12.1 Å². The summed E-state index contributed by atoms with van der Waals surface area (Å²) in [6.07, 6.45) is 2.17. The maximum atomic E-state index is 12.9. The number of amides is 1. The zero-order chi connectivity index (χ0) is 14.4. The van der Waals surface area contributed by atoms with Crippen molar-refractivity contribution in [2.45, 2.75) is 19.0 Å². The number of nitrogens with one attached hydrogen (secondary N) is 2. The summed E-state index contributed by atoms with van der Waals surface area (Å²) in [5.41, 5.74) is 0.916. The van der Waals surface area contributed by atoms with Gasteiger partial charge in [-0.15, -0.1) is 6.58 Å². The van der Waals surface area contributed by atoms with Crippen LogP contribution < -0.4 is 10.6 Å². The first kappa shape index (κ1) is 14.7. The fourth-order valence-electron chi connectivity index (χ4n) is 2.24. The molecule has 1 aliphatic heterocycles. The first-order valence-electron chi connectivity index (χ1n) is 6.76. The largest absolute Gasteiger partial charge is 0.335 e. The van der Waals surface area contributed by atoms with Crippen molar-refractivity contribution in [3.63, 3.8) is 0 Å². The van der Waals surface area contributed by atoms with Crippen LogP contribution >= 0.6 is 0 Å². The molecule has 1 aliphatic rings. The van der Waals surface area contributed by atoms with Gasteiger partial charge in [-0.05, 0) is 17.7 Å². The van der Waals surface area contributed by atoms with Gasteiger partial charge in [0.15, 0.2) is 0 Å². The van der Waals surface area contributed by atoms with E-state index in [0.717, 1.165) is 18.8 Å². The maximum absolute atomic E-state index is 12.9. The molecule has 1 saturated heterocycles. The molecule has 0 spiro atoms. The normalized spacial score (nSPS) is 17.9. The molecule has 1 heterocycles. The number of carbonyl (C=O) groups is 1. The fraction of sp³-hybridized carbons (Fsp3) is 0.400. The van der Waals surface area contributed by atoms with Crippen molar-refractivity contribution < 1.29 is 9.18 Å². The summed E-state index contributed by atoms with van der Waals surface area (Å²) in [5, 5.41) is 6.38. The van der Waals surface area contributed by atoms with Gasteiger partial charge in [-0.2, -0.15) is 0 Å². The van der Waals surface area contributed by atoms with Gasteiger partial charge >= 0.3 is 0 Å². The molecule has 0 aromatic heterocycles. The second kappa shape index (κ2) is 7.17. The highest BCUT2D eigenvalue weighted by molar-refractivity contribution is 5.77. The summed E-state index contributed by atoms with van der Waals surface area (Å²) in [5.74, 6) is -0.188. The molecule has 1 fully saturated rings. The first-order valence-corrected chi connectivity index (χ1v) is 6.76. The molecule has 0 radical (unpaired) electrons. The van der Waals surface area contributed by atoms with Crippen LogP contribution in [-0.4, -0.2) is 36.6 Å². The van der Waals surface area contributed by atoms with Crippen molar-refractivity contribution in [2.75, 3.05) is 19.8 Å². The van der Waals surface area contributed by atoms with Crippen LogP contribution in [0.4, 0.5) is 4.39 Å². The molecular formula is C15H20FN3O. The summed E-state index contributed by atoms with van der Waals surface area (Å²) in [7, 11) is 0. The van der Waals surface area contributed by atoms with Crippen LogP contribution in [-0.2, 0) is 11.3 Å². The van der Waals surface area contributed by atoms with Gasteiger partial charge in [0.1, 0.15) is 5.82 Å². The first-order chi connectivity index (χ1) is 9.69. The number of halogens is 1. The molecule has 4 nitrogen and oxygen atoms in total. The molecule has 5 heteroatoms. The molecule has 2 N–H and O–H groups in total. The summed E-state index contributed by atoms with van der Waals surface area (Å²) >= 11 is 0. The van der Waals surface area contributed by atoms with Crippen molar-refractivity contribution in [1.82, 2.24) is 15.5 Å². The predicted octanol–water partition coefficient (Wildman–Crippen LogP) is 1.25. The number of rotatable bonds is 6. The maximum Gasteiger partial charge on any atom is 0.224 e. The number of carbonyl (C=O) groups excluding carboxylic acids is 1. The van der Waals surface area contributed by atoms with Crippen molar-refractivity contribution in [3.8, 4) is 0 Å². The standard InChI is InChI=1S/C15H20FN3O/c1-2-7-19(10-12-3-5-13(16)6-4-12)15(20)8-14-9-17-11-18-14/h2-6,14,17-18H,1,7-11H2. The third kappa shape index (κ3) is 4.15. The minimum Gasteiger partial charge on any atom is -0.335 e. The van der Waals surface area contributed by atoms with E-state index < -0.39 is 0 Å². The minimum atomic E-state index is -0.267. The molecular weight excluding hydrogens is 257 g/mol. The van der Waals surface area contributed by atoms with Gasteiger partial charge in [0.05, 0.1) is 0 Å². The molecule has 2 rings (SSSR count). The molecule has 1 atom stereocenters. The molecule has 1 aromatic carbocycles. The lowest BCUT2D eigenvalue weighted by Gasteiger charge is -2.23. The van der Waals surface area contributed by atoms with Crippen molar-refractivity contribution >= 4 is 5.91 Å². The highest BCUT2D eigenvalue weighted by Gasteiger charge is 2.21. The summed E-state index contributed by atoms with van der Waals surface area (Å²) in [6, 6.07) is 6.41. The molecule has 0 bridgehead atoms. The third-order valence-electron chi connectivity index (χ3n) is 3.32. The van der Waals surface area contributed by atoms with E-state index in [1.54, 1.807) is 23.1 Å². The topological polar surface area (TPSA) is 44.4 Å². The van der Waals surface area contributed by atoms with E-state index in [9.17, 15) is 9.18 Å². The van der Waals surface area contributed by atoms with E-state index in [4.69, 9.17) is 0 Å². The smallest absolute Gasteiger partial charge is 0.224 e. The Hall–Kier alpha value is -1.72. The summed E-state index contributed by atoms with van der Waals surface area (Å²) in [4.78, 5) is 14.0. The average Bonchev–Trinajstić information content (AvgIpc) is 2.93. The zero-order valence-electron chi connectivity index (χ0n) is 11.4. The molecule has 20 heavy (non-hydrogen) atoms. The Morgan fingerprint density at radius 2 is 2.20 bits per heavy atom. The van der Waals surface area contributed by atoms with Crippen LogP contribution in [0.15, 0.2) is 36.9 Å². The Labute approximate surface area is 118 Å². The van der Waals surface area contributed by atoms with E-state index in [-0.39, 0.29) is 17.8 Å². The van der Waals surface area contributed by atoms with Gasteiger partial charge < -0.3 is 10.2 Å². The van der Waals surface area contributed by atoms with Gasteiger partial charge in [-0.1, -0.05) is 18.2 Å². The summed E-state index contributed by atoms with van der Waals surface area (Å²) < 4.78 is 12.9. The van der Waals surface area contributed by atoms with E-state index in [1.807, 2.05) is 0 Å². The van der Waals surface area contributed by atoms with Crippen LogP contribution in [0.3, 0.4) is 0 Å². The SMILES string of the molecule is C=CCN(Cc1ccc(F)cc1)C(=O)CC1CNCN1. The Balaban J connectivity index is 1.96. The van der Waals surface area contributed by atoms with E-state index in [2.05, 4.69) is 17.2 Å². The Bertz CT molecular complexity index is 455. The third-order valence-corrected chi connectivity index (χ3v) is 3.32. The van der Waals surface area contributed by atoms with E-state index in [0.29, 0.717) is 19.5 Å². The molecule has 1 aromatic rings. The number of benzene rings is 1. The van der Waals surface area contributed by atoms with Gasteiger partial charge in [0.25, 0.3) is 0 Å². The van der Waals surface area contributed by atoms with Crippen molar-refractivity contribution in [2.24, 2.45) is 0 Å². The highest BCUT2D eigenvalue weighted by Crippen LogP contribution is 2.09. The van der Waals surface area contributed by atoms with Crippen molar-refractivity contribution in [3.05, 3.63) is 48.3 Å². The average molecular weight is 277 g/mol. The Morgan fingerprint density at radius 1 is 1.45 bits per heavy atom. The van der Waals surface area contributed by atoms with Crippen LogP contribution in [0.1, 0.15) is 12.0 Å². The minimum absolute atomic E-state index is 0.0791. The monoisotopic (exact) mass is 277 g/mol. The van der Waals surface area contributed by atoms with Gasteiger partial charge in [0.2, 0.25) is 5.91 Å². The van der Waals surface area contributed by atoms with Gasteiger partial charge in [0, 0.05) is 38.8 Å². The number of nitrogens with zero attached hydrogens (tertiary/aromatic N) is 1. The van der Waals surface area contributed by atoms with Crippen molar-refractivity contribution in [1.29, 1.82) is 0 Å². The lowest BCUT2D eigenvalue weighted by molar-refractivity contribution is -0.131. The van der Waals surface area contributed by atoms with Gasteiger partial charge in [-0.25, -0.2) is 4.39 Å². The van der Waals surface area contributed by atoms with Crippen LogP contribution in [0.25, 0.3) is 0 Å². The Kier molecular flexibility index (Phi) is 5.26. The zero-order valence-corrected chi connectivity index (χ0v) is 11.4. The van der Waals surface area contributed by atoms with Crippen LogP contribution in [0, 0.1) is 5.82 Å². The molecule has 1 amide bonds. The van der Waals surface area contributed by atoms with Crippen LogP contribution in [0.2, 0.25) is 0 Å². The van der Waals surface area contributed by atoms with Gasteiger partial charge in [-0.3, -0.25) is 10.1 Å². The quantitative estimate of drug-likeness (QED) is 0.769. The van der Waals surface area contributed by atoms with E-state index >= 15 is 0 Å². The lowest BCUT2D eigenvalue weighted by Crippen LogP contribution is -2.36. The molecule has 0 aliphatic carbocycles. The fourth-order valence-corrected chi connectivity index (χ4v) is 2.24. The second-order valence-electron chi connectivity index (χ2n) is 4.93. The Morgan fingerprint density at radius 3 is 2.80 bits per heavy atom. The lowest BCUT2D eigenvalue weighted by atomic mass is 10.1. The number of hydrogen-bond acceptors (Lipinski definition) is 3. The highest BCUT2D eigenvalue weighted by atomic mass is 19.1. The van der Waals surface area contributed by atoms with Crippen LogP contribution in [0.5, 0.6) is 0 Å².